The fraction of sp³-hybridized carbons (Fsp3) is 0.250. The summed E-state index contributed by atoms with van der Waals surface area (Å²) in [7, 11) is 0. The predicted octanol–water partition coefficient (Wildman–Crippen LogP) is 2.15. The zero-order valence-corrected chi connectivity index (χ0v) is 8.34. The second-order valence-corrected chi connectivity index (χ2v) is 3.71. The lowest BCUT2D eigenvalue weighted by atomic mass is 10.1. The zero-order valence-electron chi connectivity index (χ0n) is 8.34. The minimum absolute atomic E-state index is 0.160. The first-order chi connectivity index (χ1) is 7.43. The van der Waals surface area contributed by atoms with Gasteiger partial charge in [-0.25, -0.2) is 4.98 Å². The molecule has 0 N–H and O–H groups in total. The second-order valence-electron chi connectivity index (χ2n) is 3.71. The van der Waals surface area contributed by atoms with Crippen LogP contribution in [0.25, 0.3) is 0 Å². The van der Waals surface area contributed by atoms with Crippen LogP contribution in [-0.4, -0.2) is 9.55 Å². The van der Waals surface area contributed by atoms with E-state index < -0.39 is 0 Å². The van der Waals surface area contributed by atoms with Gasteiger partial charge in [-0.3, -0.25) is 0 Å². The zero-order chi connectivity index (χ0) is 10.1. The summed E-state index contributed by atoms with van der Waals surface area (Å²) in [5.41, 5.74) is 1.23. The Morgan fingerprint density at radius 3 is 3.00 bits per heavy atom. The third-order valence-electron chi connectivity index (χ3n) is 2.75. The number of hydrogen-bond acceptors (Lipinski definition) is 2. The van der Waals surface area contributed by atoms with Crippen molar-refractivity contribution in [3.8, 4) is 0 Å². The number of hydrogen-bond donors (Lipinski definition) is 0. The van der Waals surface area contributed by atoms with E-state index in [9.17, 15) is 0 Å². The first-order valence-corrected chi connectivity index (χ1v) is 5.10. The minimum atomic E-state index is 0.160. The number of nitrogens with zero attached hydrogens (tertiary/aromatic N) is 2. The summed E-state index contributed by atoms with van der Waals surface area (Å²) in [5, 5.41) is 0. The summed E-state index contributed by atoms with van der Waals surface area (Å²) in [4.78, 5) is 4.22. The smallest absolute Gasteiger partial charge is 0.134 e. The van der Waals surface area contributed by atoms with Crippen molar-refractivity contribution in [3.63, 3.8) is 0 Å². The molecule has 0 saturated heterocycles. The topological polar surface area (TPSA) is 27.1 Å². The molecule has 1 aliphatic heterocycles. The molecule has 3 nitrogen and oxygen atoms in total. The van der Waals surface area contributed by atoms with Crippen molar-refractivity contribution in [1.82, 2.24) is 9.55 Å². The van der Waals surface area contributed by atoms with Crippen LogP contribution in [0.1, 0.15) is 17.5 Å². The molecule has 2 aromatic rings. The SMILES string of the molecule is c1ccc(C2Cn3ccnc3CO2)cc1. The van der Waals surface area contributed by atoms with Crippen LogP contribution in [0.4, 0.5) is 0 Å². The van der Waals surface area contributed by atoms with Crippen LogP contribution in [0.5, 0.6) is 0 Å². The van der Waals surface area contributed by atoms with Crippen LogP contribution < -0.4 is 0 Å². The van der Waals surface area contributed by atoms with Gasteiger partial charge in [0.25, 0.3) is 0 Å². The van der Waals surface area contributed by atoms with E-state index in [2.05, 4.69) is 21.7 Å². The third-order valence-corrected chi connectivity index (χ3v) is 2.75. The van der Waals surface area contributed by atoms with Gasteiger partial charge in [-0.2, -0.15) is 0 Å². The molecule has 1 aliphatic rings. The molecular formula is C12H12N2O. The summed E-state index contributed by atoms with van der Waals surface area (Å²) in [6.45, 7) is 1.46. The van der Waals surface area contributed by atoms with Crippen LogP contribution in [0, 0.1) is 0 Å². The lowest BCUT2D eigenvalue weighted by molar-refractivity contribution is 0.000491. The average Bonchev–Trinajstić information content (AvgIpc) is 2.77. The van der Waals surface area contributed by atoms with Crippen molar-refractivity contribution >= 4 is 0 Å². The van der Waals surface area contributed by atoms with E-state index in [1.165, 1.54) is 5.56 Å². The normalized spacial score (nSPS) is 19.9. The van der Waals surface area contributed by atoms with E-state index in [0.717, 1.165) is 12.4 Å². The Bertz CT molecular complexity index is 450. The second kappa shape index (κ2) is 3.51. The number of ether oxygens (including phenoxy) is 1. The highest BCUT2D eigenvalue weighted by Gasteiger charge is 2.20. The Morgan fingerprint density at radius 2 is 2.13 bits per heavy atom. The van der Waals surface area contributed by atoms with Crippen LogP contribution in [0.3, 0.4) is 0 Å². The van der Waals surface area contributed by atoms with Gasteiger partial charge in [-0.15, -0.1) is 0 Å². The van der Waals surface area contributed by atoms with Crippen LogP contribution in [0.15, 0.2) is 42.7 Å². The Labute approximate surface area is 88.3 Å². The van der Waals surface area contributed by atoms with E-state index >= 15 is 0 Å². The average molecular weight is 200 g/mol. The van der Waals surface area contributed by atoms with Crippen LogP contribution >= 0.6 is 0 Å². The maximum Gasteiger partial charge on any atom is 0.134 e. The van der Waals surface area contributed by atoms with E-state index in [-0.39, 0.29) is 6.10 Å². The molecule has 0 amide bonds. The number of imidazole rings is 1. The quantitative estimate of drug-likeness (QED) is 0.705. The largest absolute Gasteiger partial charge is 0.364 e. The highest BCUT2D eigenvalue weighted by molar-refractivity contribution is 5.18. The molecule has 3 heteroatoms. The molecule has 76 valence electrons. The molecule has 0 aliphatic carbocycles. The lowest BCUT2D eigenvalue weighted by Crippen LogP contribution is -2.20. The highest BCUT2D eigenvalue weighted by Crippen LogP contribution is 2.25. The predicted molar refractivity (Wildman–Crippen MR) is 56.2 cm³/mol. The Kier molecular flexibility index (Phi) is 2.03. The highest BCUT2D eigenvalue weighted by atomic mass is 16.5. The lowest BCUT2D eigenvalue weighted by Gasteiger charge is -2.24. The van der Waals surface area contributed by atoms with Gasteiger partial charge in [0, 0.05) is 12.4 Å². The summed E-state index contributed by atoms with van der Waals surface area (Å²) in [6, 6.07) is 10.3. The van der Waals surface area contributed by atoms with Gasteiger partial charge in [0.2, 0.25) is 0 Å². The monoisotopic (exact) mass is 200 g/mol. The molecule has 0 saturated carbocycles. The molecular weight excluding hydrogens is 188 g/mol. The number of benzene rings is 1. The van der Waals surface area contributed by atoms with Crippen molar-refractivity contribution < 1.29 is 4.74 Å². The summed E-state index contributed by atoms with van der Waals surface area (Å²) in [5.74, 6) is 1.02. The van der Waals surface area contributed by atoms with E-state index in [1.807, 2.05) is 30.6 Å². The molecule has 1 aromatic carbocycles. The molecule has 2 heterocycles. The van der Waals surface area contributed by atoms with Gasteiger partial charge in [0.15, 0.2) is 0 Å². The van der Waals surface area contributed by atoms with Gasteiger partial charge >= 0.3 is 0 Å². The Balaban J connectivity index is 1.88. The molecule has 1 unspecified atom stereocenters. The fourth-order valence-electron chi connectivity index (χ4n) is 1.92. The van der Waals surface area contributed by atoms with Gasteiger partial charge in [0.05, 0.1) is 6.54 Å². The van der Waals surface area contributed by atoms with Crippen molar-refractivity contribution in [2.75, 3.05) is 0 Å². The number of rotatable bonds is 1. The van der Waals surface area contributed by atoms with Crippen molar-refractivity contribution in [3.05, 3.63) is 54.1 Å². The maximum absolute atomic E-state index is 5.77. The standard InChI is InChI=1S/C12H12N2O/c1-2-4-10(5-3-1)11-8-14-7-6-13-12(14)9-15-11/h1-7,11H,8-9H2. The fourth-order valence-corrected chi connectivity index (χ4v) is 1.92. The molecule has 3 rings (SSSR count). The molecule has 0 radical (unpaired) electrons. The third kappa shape index (κ3) is 1.55. The van der Waals surface area contributed by atoms with Gasteiger partial charge in [-0.05, 0) is 5.56 Å². The summed E-state index contributed by atoms with van der Waals surface area (Å²) < 4.78 is 7.92. The number of fused-ring (bicyclic) bond motifs is 1. The van der Waals surface area contributed by atoms with Crippen LogP contribution in [-0.2, 0) is 17.9 Å². The van der Waals surface area contributed by atoms with Crippen molar-refractivity contribution in [2.24, 2.45) is 0 Å². The van der Waals surface area contributed by atoms with E-state index in [4.69, 9.17) is 4.74 Å². The minimum Gasteiger partial charge on any atom is -0.364 e. The molecule has 0 bridgehead atoms. The van der Waals surface area contributed by atoms with Crippen LogP contribution in [0.2, 0.25) is 0 Å². The van der Waals surface area contributed by atoms with E-state index in [1.54, 1.807) is 0 Å². The Morgan fingerprint density at radius 1 is 1.27 bits per heavy atom. The molecule has 15 heavy (non-hydrogen) atoms. The molecule has 0 fully saturated rings. The van der Waals surface area contributed by atoms with E-state index in [0.29, 0.717) is 6.61 Å². The first kappa shape index (κ1) is 8.68. The van der Waals surface area contributed by atoms with Crippen molar-refractivity contribution in [1.29, 1.82) is 0 Å². The maximum atomic E-state index is 5.77. The van der Waals surface area contributed by atoms with Gasteiger partial charge < -0.3 is 9.30 Å². The number of aromatic nitrogens is 2. The van der Waals surface area contributed by atoms with Gasteiger partial charge in [0.1, 0.15) is 18.5 Å². The first-order valence-electron chi connectivity index (χ1n) is 5.10. The van der Waals surface area contributed by atoms with Crippen molar-refractivity contribution in [2.45, 2.75) is 19.3 Å². The van der Waals surface area contributed by atoms with Gasteiger partial charge in [-0.1, -0.05) is 30.3 Å². The molecule has 1 atom stereocenters. The summed E-state index contributed by atoms with van der Waals surface area (Å²) >= 11 is 0. The summed E-state index contributed by atoms with van der Waals surface area (Å²) in [6.07, 6.45) is 3.99. The molecule has 1 aromatic heterocycles. The Hall–Kier alpha value is -1.61. The molecule has 0 spiro atoms.